The van der Waals surface area contributed by atoms with Gasteiger partial charge in [-0.05, 0) is 31.0 Å². The van der Waals surface area contributed by atoms with Gasteiger partial charge < -0.3 is 10.8 Å². The first kappa shape index (κ1) is 10.2. The lowest BCUT2D eigenvalue weighted by Gasteiger charge is -2.24. The molecule has 0 aliphatic rings. The summed E-state index contributed by atoms with van der Waals surface area (Å²) in [5.41, 5.74) is 5.94. The predicted octanol–water partition coefficient (Wildman–Crippen LogP) is 1.38. The lowest BCUT2D eigenvalue weighted by molar-refractivity contribution is 0.247. The average molecular weight is 183 g/mol. The number of benzene rings is 1. The van der Waals surface area contributed by atoms with Crippen molar-refractivity contribution >= 4 is 0 Å². The molecule has 0 radical (unpaired) electrons. The summed E-state index contributed by atoms with van der Waals surface area (Å²) in [6.07, 6.45) is 0.427. The molecule has 0 saturated heterocycles. The summed E-state index contributed by atoms with van der Waals surface area (Å²) in [4.78, 5) is 0. The van der Waals surface area contributed by atoms with Crippen LogP contribution in [0.15, 0.2) is 24.3 Å². The number of hydrogen-bond acceptors (Lipinski definition) is 2. The topological polar surface area (TPSA) is 46.2 Å². The molecule has 0 bridgehead atoms. The summed E-state index contributed by atoms with van der Waals surface area (Å²) in [6.45, 7) is 1.78. The first-order valence-electron chi connectivity index (χ1n) is 4.22. The Labute approximate surface area is 77.2 Å². The van der Waals surface area contributed by atoms with Crippen molar-refractivity contribution in [2.45, 2.75) is 18.9 Å². The summed E-state index contributed by atoms with van der Waals surface area (Å²) in [6, 6.07) is 6.15. The van der Waals surface area contributed by atoms with E-state index in [4.69, 9.17) is 10.8 Å². The summed E-state index contributed by atoms with van der Waals surface area (Å²) < 4.78 is 12.8. The minimum atomic E-state index is -0.656. The van der Waals surface area contributed by atoms with Crippen molar-refractivity contribution in [2.24, 2.45) is 5.73 Å². The van der Waals surface area contributed by atoms with Crippen LogP contribution < -0.4 is 5.73 Å². The zero-order valence-corrected chi connectivity index (χ0v) is 7.63. The van der Waals surface area contributed by atoms with Crippen LogP contribution in [0, 0.1) is 5.82 Å². The molecule has 0 aromatic heterocycles. The van der Waals surface area contributed by atoms with E-state index < -0.39 is 5.54 Å². The molecule has 1 aromatic carbocycles. The number of aliphatic hydroxyl groups excluding tert-OH is 1. The third-order valence-electron chi connectivity index (χ3n) is 2.12. The molecule has 0 saturated carbocycles. The predicted molar refractivity (Wildman–Crippen MR) is 49.6 cm³/mol. The van der Waals surface area contributed by atoms with Gasteiger partial charge in [0.2, 0.25) is 0 Å². The molecule has 72 valence electrons. The van der Waals surface area contributed by atoms with Crippen LogP contribution in [0.1, 0.15) is 18.9 Å². The molecule has 3 N–H and O–H groups in total. The molecular formula is C10H14FNO. The summed E-state index contributed by atoms with van der Waals surface area (Å²) in [7, 11) is 0. The number of aliphatic hydroxyl groups is 1. The van der Waals surface area contributed by atoms with E-state index in [-0.39, 0.29) is 12.4 Å². The summed E-state index contributed by atoms with van der Waals surface area (Å²) in [5, 5.41) is 8.76. The van der Waals surface area contributed by atoms with Gasteiger partial charge in [-0.25, -0.2) is 4.39 Å². The van der Waals surface area contributed by atoms with Crippen LogP contribution in [-0.2, 0) is 5.54 Å². The Balaban J connectivity index is 2.93. The highest BCUT2D eigenvalue weighted by Gasteiger charge is 2.20. The molecule has 1 unspecified atom stereocenters. The Morgan fingerprint density at radius 2 is 2.23 bits per heavy atom. The molecule has 1 aromatic rings. The van der Waals surface area contributed by atoms with Crippen molar-refractivity contribution in [3.8, 4) is 0 Å². The second-order valence-electron chi connectivity index (χ2n) is 3.40. The molecule has 1 rings (SSSR count). The fourth-order valence-corrected chi connectivity index (χ4v) is 1.22. The van der Waals surface area contributed by atoms with Crippen molar-refractivity contribution in [3.05, 3.63) is 35.6 Å². The maximum atomic E-state index is 12.8. The molecule has 1 atom stereocenters. The van der Waals surface area contributed by atoms with Gasteiger partial charge in [0, 0.05) is 12.1 Å². The molecule has 13 heavy (non-hydrogen) atoms. The molecular weight excluding hydrogens is 169 g/mol. The van der Waals surface area contributed by atoms with Gasteiger partial charge in [0.05, 0.1) is 0 Å². The van der Waals surface area contributed by atoms with E-state index in [9.17, 15) is 4.39 Å². The molecule has 0 amide bonds. The maximum Gasteiger partial charge on any atom is 0.123 e. The van der Waals surface area contributed by atoms with E-state index >= 15 is 0 Å². The van der Waals surface area contributed by atoms with Crippen LogP contribution in [0.4, 0.5) is 4.39 Å². The zero-order chi connectivity index (χ0) is 9.90. The Hall–Kier alpha value is -0.930. The minimum absolute atomic E-state index is 0.00349. The average Bonchev–Trinajstić information content (AvgIpc) is 2.04. The van der Waals surface area contributed by atoms with Crippen molar-refractivity contribution in [3.63, 3.8) is 0 Å². The molecule has 0 aliphatic carbocycles. The van der Waals surface area contributed by atoms with Gasteiger partial charge >= 0.3 is 0 Å². The van der Waals surface area contributed by atoms with E-state index in [0.29, 0.717) is 12.0 Å². The van der Waals surface area contributed by atoms with Gasteiger partial charge in [-0.2, -0.15) is 0 Å². The SMILES string of the molecule is CC(N)(CCO)c1cccc(F)c1. The Morgan fingerprint density at radius 1 is 1.54 bits per heavy atom. The van der Waals surface area contributed by atoms with Crippen LogP contribution in [0.25, 0.3) is 0 Å². The van der Waals surface area contributed by atoms with E-state index in [2.05, 4.69) is 0 Å². The third-order valence-corrected chi connectivity index (χ3v) is 2.12. The van der Waals surface area contributed by atoms with Gasteiger partial charge in [-0.1, -0.05) is 12.1 Å². The maximum absolute atomic E-state index is 12.8. The van der Waals surface area contributed by atoms with Gasteiger partial charge in [0.25, 0.3) is 0 Å². The lowest BCUT2D eigenvalue weighted by Crippen LogP contribution is -2.34. The fraction of sp³-hybridized carbons (Fsp3) is 0.400. The summed E-state index contributed by atoms with van der Waals surface area (Å²) in [5.74, 6) is -0.299. The lowest BCUT2D eigenvalue weighted by atomic mass is 9.90. The number of rotatable bonds is 3. The Bertz CT molecular complexity index is 286. The largest absolute Gasteiger partial charge is 0.396 e. The van der Waals surface area contributed by atoms with Gasteiger partial charge in [0.1, 0.15) is 5.82 Å². The standard InChI is InChI=1S/C10H14FNO/c1-10(12,5-6-13)8-3-2-4-9(11)7-8/h2-4,7,13H,5-6,12H2,1H3. The Kier molecular flexibility index (Phi) is 3.01. The number of nitrogens with two attached hydrogens (primary N) is 1. The van der Waals surface area contributed by atoms with Crippen LogP contribution in [0.3, 0.4) is 0 Å². The number of hydrogen-bond donors (Lipinski definition) is 2. The molecule has 0 heterocycles. The van der Waals surface area contributed by atoms with Crippen LogP contribution >= 0.6 is 0 Å². The molecule has 2 nitrogen and oxygen atoms in total. The van der Waals surface area contributed by atoms with E-state index in [0.717, 1.165) is 0 Å². The van der Waals surface area contributed by atoms with E-state index in [1.54, 1.807) is 19.1 Å². The van der Waals surface area contributed by atoms with Crippen LogP contribution in [-0.4, -0.2) is 11.7 Å². The second kappa shape index (κ2) is 3.85. The summed E-state index contributed by atoms with van der Waals surface area (Å²) >= 11 is 0. The van der Waals surface area contributed by atoms with E-state index in [1.165, 1.54) is 12.1 Å². The highest BCUT2D eigenvalue weighted by molar-refractivity contribution is 5.23. The zero-order valence-electron chi connectivity index (χ0n) is 7.63. The third kappa shape index (κ3) is 2.50. The molecule has 0 fully saturated rings. The molecule has 3 heteroatoms. The van der Waals surface area contributed by atoms with Crippen molar-refractivity contribution < 1.29 is 9.50 Å². The fourth-order valence-electron chi connectivity index (χ4n) is 1.22. The monoisotopic (exact) mass is 183 g/mol. The molecule has 0 aliphatic heterocycles. The normalized spacial score (nSPS) is 15.4. The minimum Gasteiger partial charge on any atom is -0.396 e. The smallest absolute Gasteiger partial charge is 0.123 e. The van der Waals surface area contributed by atoms with Gasteiger partial charge in [-0.3, -0.25) is 0 Å². The quantitative estimate of drug-likeness (QED) is 0.743. The van der Waals surface area contributed by atoms with Crippen LogP contribution in [0.5, 0.6) is 0 Å². The van der Waals surface area contributed by atoms with Gasteiger partial charge in [0.15, 0.2) is 0 Å². The van der Waals surface area contributed by atoms with Crippen LogP contribution in [0.2, 0.25) is 0 Å². The van der Waals surface area contributed by atoms with Crippen molar-refractivity contribution in [1.29, 1.82) is 0 Å². The van der Waals surface area contributed by atoms with Gasteiger partial charge in [-0.15, -0.1) is 0 Å². The van der Waals surface area contributed by atoms with Crippen molar-refractivity contribution in [2.75, 3.05) is 6.61 Å². The second-order valence-corrected chi connectivity index (χ2v) is 3.40. The highest BCUT2D eigenvalue weighted by atomic mass is 19.1. The number of halogens is 1. The first-order chi connectivity index (χ1) is 6.06. The highest BCUT2D eigenvalue weighted by Crippen LogP contribution is 2.21. The van der Waals surface area contributed by atoms with Crippen molar-refractivity contribution in [1.82, 2.24) is 0 Å². The molecule has 0 spiro atoms. The Morgan fingerprint density at radius 3 is 2.77 bits per heavy atom. The van der Waals surface area contributed by atoms with E-state index in [1.807, 2.05) is 0 Å². The first-order valence-corrected chi connectivity index (χ1v) is 4.22.